The van der Waals surface area contributed by atoms with E-state index in [0.29, 0.717) is 20.6 Å². The number of benzene rings is 2. The Balaban J connectivity index is 2.59. The molecule has 0 spiro atoms. The summed E-state index contributed by atoms with van der Waals surface area (Å²) in [5, 5.41) is 14.8. The van der Waals surface area contributed by atoms with Crippen molar-refractivity contribution >= 4 is 63.8 Å². The first-order valence-corrected chi connectivity index (χ1v) is 14.5. The van der Waals surface area contributed by atoms with Crippen molar-refractivity contribution in [2.24, 2.45) is 0 Å². The quantitative estimate of drug-likeness (QED) is 0.188. The highest BCUT2D eigenvalue weighted by atomic mass is 127. The third kappa shape index (κ3) is 10.00. The summed E-state index contributed by atoms with van der Waals surface area (Å²) in [5.41, 5.74) is -0.393. The smallest absolute Gasteiger partial charge is 0.408 e. The second-order valence-electron chi connectivity index (χ2n) is 10.5. The standard InChI is InChI=1S/C28H35Cl2IN2O8/c1-13(2)39-20-12-16(11-19(31)24(20)40-14(3)4)22(26(36)38-8)32-25(35)21(33-27(37)41-28(5,6)7)15-9-17(29)23(34)18(30)10-15/h9-14,21-22,34H,1-8H3,(H,32,35)(H,33,37)/t21-,22-/m1/s1. The number of phenols is 1. The number of rotatable bonds is 10. The van der Waals surface area contributed by atoms with E-state index in [-0.39, 0.29) is 27.8 Å². The van der Waals surface area contributed by atoms with Crippen molar-refractivity contribution in [2.75, 3.05) is 7.11 Å². The predicted molar refractivity (Wildman–Crippen MR) is 164 cm³/mol. The van der Waals surface area contributed by atoms with Gasteiger partial charge in [0.15, 0.2) is 23.3 Å². The van der Waals surface area contributed by atoms with E-state index in [0.717, 1.165) is 0 Å². The van der Waals surface area contributed by atoms with Gasteiger partial charge in [0.05, 0.1) is 32.9 Å². The van der Waals surface area contributed by atoms with E-state index in [4.69, 9.17) is 42.1 Å². The molecule has 0 unspecified atom stereocenters. The number of carbonyl (C=O) groups excluding carboxylic acids is 3. The van der Waals surface area contributed by atoms with Crippen LogP contribution in [0.4, 0.5) is 4.79 Å². The molecule has 0 saturated carbocycles. The highest BCUT2D eigenvalue weighted by Gasteiger charge is 2.33. The molecule has 0 aromatic heterocycles. The van der Waals surface area contributed by atoms with E-state index in [9.17, 15) is 19.5 Å². The van der Waals surface area contributed by atoms with Crippen molar-refractivity contribution in [3.05, 3.63) is 49.0 Å². The van der Waals surface area contributed by atoms with E-state index >= 15 is 0 Å². The maximum absolute atomic E-state index is 13.7. The van der Waals surface area contributed by atoms with Crippen LogP contribution in [0, 0.1) is 3.57 Å². The van der Waals surface area contributed by atoms with Crippen molar-refractivity contribution in [1.82, 2.24) is 10.6 Å². The molecule has 0 aliphatic rings. The molecule has 0 bridgehead atoms. The van der Waals surface area contributed by atoms with Crippen LogP contribution in [-0.2, 0) is 19.1 Å². The van der Waals surface area contributed by atoms with Crippen LogP contribution < -0.4 is 20.1 Å². The molecule has 2 amide bonds. The number of carbonyl (C=O) groups is 3. The number of esters is 1. The highest BCUT2D eigenvalue weighted by Crippen LogP contribution is 2.38. The van der Waals surface area contributed by atoms with Gasteiger partial charge in [-0.3, -0.25) is 4.79 Å². The Labute approximate surface area is 263 Å². The third-order valence-corrected chi connectivity index (χ3v) is 6.48. The van der Waals surface area contributed by atoms with Crippen molar-refractivity contribution in [3.63, 3.8) is 0 Å². The number of hydrogen-bond donors (Lipinski definition) is 3. The molecule has 0 aliphatic heterocycles. The topological polar surface area (TPSA) is 132 Å². The Bertz CT molecular complexity index is 1260. The van der Waals surface area contributed by atoms with Crippen LogP contribution in [0.25, 0.3) is 0 Å². The van der Waals surface area contributed by atoms with Crippen LogP contribution >= 0.6 is 45.8 Å². The first-order valence-electron chi connectivity index (χ1n) is 12.7. The van der Waals surface area contributed by atoms with Gasteiger partial charge in [-0.25, -0.2) is 9.59 Å². The van der Waals surface area contributed by atoms with E-state index in [1.54, 1.807) is 32.9 Å². The summed E-state index contributed by atoms with van der Waals surface area (Å²) in [6.07, 6.45) is -1.28. The number of phenolic OH excluding ortho intramolecular Hbond substituents is 1. The Morgan fingerprint density at radius 2 is 1.41 bits per heavy atom. The van der Waals surface area contributed by atoms with Crippen LogP contribution in [0.1, 0.15) is 71.7 Å². The van der Waals surface area contributed by atoms with Gasteiger partial charge in [-0.2, -0.15) is 0 Å². The van der Waals surface area contributed by atoms with Crippen molar-refractivity contribution < 1.29 is 38.4 Å². The largest absolute Gasteiger partial charge is 0.505 e. The normalized spacial score (nSPS) is 12.9. The molecule has 0 aliphatic carbocycles. The average molecular weight is 725 g/mol. The fourth-order valence-corrected chi connectivity index (χ4v) is 4.80. The van der Waals surface area contributed by atoms with Gasteiger partial charge in [-0.05, 0) is 106 Å². The molecule has 2 aromatic rings. The minimum Gasteiger partial charge on any atom is -0.505 e. The molecule has 2 rings (SSSR count). The molecule has 10 nitrogen and oxygen atoms in total. The number of amides is 2. The number of nitrogens with one attached hydrogen (secondary N) is 2. The maximum Gasteiger partial charge on any atom is 0.408 e. The number of aromatic hydroxyl groups is 1. The Kier molecular flexibility index (Phi) is 12.2. The summed E-state index contributed by atoms with van der Waals surface area (Å²) >= 11 is 14.3. The third-order valence-electron chi connectivity index (χ3n) is 5.10. The van der Waals surface area contributed by atoms with Gasteiger partial charge in [0, 0.05) is 0 Å². The zero-order valence-corrected chi connectivity index (χ0v) is 27.7. The minimum absolute atomic E-state index is 0.129. The van der Waals surface area contributed by atoms with Gasteiger partial charge in [0.1, 0.15) is 11.6 Å². The zero-order chi connectivity index (χ0) is 31.2. The second-order valence-corrected chi connectivity index (χ2v) is 12.5. The lowest BCUT2D eigenvalue weighted by molar-refractivity contribution is -0.145. The first-order chi connectivity index (χ1) is 18.9. The molecular formula is C28H35Cl2IN2O8. The van der Waals surface area contributed by atoms with Crippen LogP contribution in [-0.4, -0.2) is 48.0 Å². The van der Waals surface area contributed by atoms with Crippen molar-refractivity contribution in [3.8, 4) is 17.2 Å². The van der Waals surface area contributed by atoms with Gasteiger partial charge in [-0.1, -0.05) is 23.2 Å². The summed E-state index contributed by atoms with van der Waals surface area (Å²) in [6.45, 7) is 12.4. The molecule has 2 aromatic carbocycles. The molecule has 0 fully saturated rings. The molecule has 0 heterocycles. The fourth-order valence-electron chi connectivity index (χ4n) is 3.55. The van der Waals surface area contributed by atoms with Gasteiger partial charge in [0.2, 0.25) is 5.91 Å². The van der Waals surface area contributed by atoms with Crippen LogP contribution in [0.5, 0.6) is 17.2 Å². The summed E-state index contributed by atoms with van der Waals surface area (Å²) in [6, 6.07) is 3.06. The molecule has 226 valence electrons. The van der Waals surface area contributed by atoms with Crippen LogP contribution in [0.3, 0.4) is 0 Å². The fraction of sp³-hybridized carbons (Fsp3) is 0.464. The summed E-state index contributed by atoms with van der Waals surface area (Å²) in [7, 11) is 1.18. The number of alkyl carbamates (subject to hydrolysis) is 1. The lowest BCUT2D eigenvalue weighted by Crippen LogP contribution is -2.45. The van der Waals surface area contributed by atoms with Gasteiger partial charge >= 0.3 is 12.1 Å². The summed E-state index contributed by atoms with van der Waals surface area (Å²) < 4.78 is 22.9. The summed E-state index contributed by atoms with van der Waals surface area (Å²) in [4.78, 5) is 39.4. The predicted octanol–water partition coefficient (Wildman–Crippen LogP) is 6.47. The number of methoxy groups -OCH3 is 1. The van der Waals surface area contributed by atoms with Gasteiger partial charge in [0.25, 0.3) is 0 Å². The van der Waals surface area contributed by atoms with E-state index < -0.39 is 41.4 Å². The molecule has 2 atom stereocenters. The van der Waals surface area contributed by atoms with Crippen molar-refractivity contribution in [2.45, 2.75) is 78.4 Å². The molecular weight excluding hydrogens is 690 g/mol. The lowest BCUT2D eigenvalue weighted by atomic mass is 10.0. The van der Waals surface area contributed by atoms with Gasteiger partial charge in [-0.15, -0.1) is 0 Å². The van der Waals surface area contributed by atoms with Gasteiger partial charge < -0.3 is 34.7 Å². The average Bonchev–Trinajstić information content (AvgIpc) is 2.83. The molecule has 41 heavy (non-hydrogen) atoms. The van der Waals surface area contributed by atoms with E-state index in [1.807, 2.05) is 27.7 Å². The number of hydrogen-bond acceptors (Lipinski definition) is 8. The Morgan fingerprint density at radius 3 is 1.90 bits per heavy atom. The Hall–Kier alpha value is -2.64. The molecule has 0 saturated heterocycles. The highest BCUT2D eigenvalue weighted by molar-refractivity contribution is 14.1. The SMILES string of the molecule is COC(=O)[C@H](NC(=O)[C@H](NC(=O)OC(C)(C)C)c1cc(Cl)c(O)c(Cl)c1)c1cc(I)c(OC(C)C)c(OC(C)C)c1. The first kappa shape index (κ1) is 34.6. The van der Waals surface area contributed by atoms with Crippen LogP contribution in [0.2, 0.25) is 10.0 Å². The molecule has 3 N–H and O–H groups in total. The Morgan fingerprint density at radius 1 is 0.878 bits per heavy atom. The number of ether oxygens (including phenoxy) is 4. The number of halogens is 3. The van der Waals surface area contributed by atoms with Crippen molar-refractivity contribution in [1.29, 1.82) is 0 Å². The second kappa shape index (κ2) is 14.5. The zero-order valence-electron chi connectivity index (χ0n) is 24.1. The summed E-state index contributed by atoms with van der Waals surface area (Å²) in [5.74, 6) is -1.12. The minimum atomic E-state index is -1.43. The molecule has 0 radical (unpaired) electrons. The monoisotopic (exact) mass is 724 g/mol. The van der Waals surface area contributed by atoms with E-state index in [1.165, 1.54) is 19.2 Å². The lowest BCUT2D eigenvalue weighted by Gasteiger charge is -2.26. The van der Waals surface area contributed by atoms with Crippen LogP contribution in [0.15, 0.2) is 24.3 Å². The maximum atomic E-state index is 13.7. The molecule has 13 heteroatoms. The van der Waals surface area contributed by atoms with E-state index in [2.05, 4.69) is 33.2 Å².